The fraction of sp³-hybridized carbons (Fsp3) is 0.617. The maximum atomic E-state index is 14.3. The Morgan fingerprint density at radius 3 is 1.39 bits per heavy atom. The minimum absolute atomic E-state index is 0.00463. The highest BCUT2D eigenvalue weighted by Gasteiger charge is 2.42. The summed E-state index contributed by atoms with van der Waals surface area (Å²) in [5.74, 6) is -0.389. The van der Waals surface area contributed by atoms with Crippen molar-refractivity contribution < 1.29 is 29.1 Å². The summed E-state index contributed by atoms with van der Waals surface area (Å²) in [6.07, 6.45) is 3.72. The van der Waals surface area contributed by atoms with E-state index in [0.29, 0.717) is 65.2 Å². The Morgan fingerprint density at radius 1 is 0.605 bits per heavy atom. The van der Waals surface area contributed by atoms with E-state index in [2.05, 4.69) is 69.8 Å². The van der Waals surface area contributed by atoms with Crippen molar-refractivity contribution >= 4 is 29.5 Å². The average molecular weight is 1050 g/mol. The van der Waals surface area contributed by atoms with Crippen molar-refractivity contribution in [1.29, 1.82) is 0 Å². The molecule has 0 bridgehead atoms. The SMILES string of the molecule is CN[C@@H](C)C(=O)N[C@H](C(=O)N1CCC[C@H]1CN(CCc1ccccc1)C(=O)CN(C)Cc1ccc(CN(C)CC(=O)N(CCc2ccccc2)C[C@@H]2CCCN2C(=O)[C@@H](NC(O)[C@H](C)NC)C(C)(C)C)cc1)C(C)(C)C. The minimum Gasteiger partial charge on any atom is -0.377 e. The zero-order valence-electron chi connectivity index (χ0n) is 48.1. The van der Waals surface area contributed by atoms with E-state index in [1.54, 1.807) is 21.0 Å². The molecule has 3 aromatic carbocycles. The smallest absolute Gasteiger partial charge is 0.246 e. The number of likely N-dealkylation sites (tertiary alicyclic amines) is 2. The molecule has 0 radical (unpaired) electrons. The normalized spacial score (nSPS) is 18.1. The summed E-state index contributed by atoms with van der Waals surface area (Å²) in [7, 11) is 7.42. The predicted octanol–water partition coefficient (Wildman–Crippen LogP) is 4.74. The first kappa shape index (κ1) is 61.6. The van der Waals surface area contributed by atoms with Gasteiger partial charge in [0.25, 0.3) is 0 Å². The van der Waals surface area contributed by atoms with Crippen LogP contribution in [0.15, 0.2) is 84.9 Å². The lowest BCUT2D eigenvalue weighted by Gasteiger charge is -2.39. The van der Waals surface area contributed by atoms with Crippen LogP contribution in [0.3, 0.4) is 0 Å². The second-order valence-corrected chi connectivity index (χ2v) is 23.8. The third-order valence-electron chi connectivity index (χ3n) is 15.3. The van der Waals surface area contributed by atoms with E-state index in [9.17, 15) is 29.1 Å². The number of nitrogens with zero attached hydrogens (tertiary/aromatic N) is 6. The second-order valence-electron chi connectivity index (χ2n) is 23.8. The van der Waals surface area contributed by atoms with Gasteiger partial charge in [-0.1, -0.05) is 126 Å². The molecule has 3 aromatic rings. The van der Waals surface area contributed by atoms with E-state index >= 15 is 0 Å². The molecule has 16 nitrogen and oxygen atoms in total. The number of hydrogen-bond donors (Lipinski definition) is 5. The fourth-order valence-corrected chi connectivity index (χ4v) is 10.3. The number of amides is 5. The fourth-order valence-electron chi connectivity index (χ4n) is 10.3. The molecule has 5 N–H and O–H groups in total. The Hall–Kier alpha value is -5.23. The minimum atomic E-state index is -0.913. The summed E-state index contributed by atoms with van der Waals surface area (Å²) in [5.41, 5.74) is 3.42. The van der Waals surface area contributed by atoms with Crippen LogP contribution in [0.25, 0.3) is 0 Å². The molecule has 2 aliphatic rings. The lowest BCUT2D eigenvalue weighted by atomic mass is 9.85. The van der Waals surface area contributed by atoms with Gasteiger partial charge in [-0.25, -0.2) is 0 Å². The summed E-state index contributed by atoms with van der Waals surface area (Å²) in [5, 5.41) is 23.2. The van der Waals surface area contributed by atoms with Gasteiger partial charge < -0.3 is 40.7 Å². The van der Waals surface area contributed by atoms with Gasteiger partial charge in [-0.3, -0.25) is 39.1 Å². The van der Waals surface area contributed by atoms with E-state index in [1.165, 1.54) is 0 Å². The van der Waals surface area contributed by atoms with Gasteiger partial charge >= 0.3 is 0 Å². The maximum absolute atomic E-state index is 14.3. The van der Waals surface area contributed by atoms with Gasteiger partial charge in [-0.05, 0) is 114 Å². The van der Waals surface area contributed by atoms with Crippen LogP contribution in [0, 0.1) is 10.8 Å². The molecule has 2 fully saturated rings. The largest absolute Gasteiger partial charge is 0.377 e. The molecule has 0 aliphatic carbocycles. The number of rotatable bonds is 27. The third kappa shape index (κ3) is 18.5. The van der Waals surface area contributed by atoms with Crippen molar-refractivity contribution in [3.63, 3.8) is 0 Å². The molecular formula is C60H94N10O6. The van der Waals surface area contributed by atoms with E-state index in [0.717, 1.165) is 47.9 Å². The number of aliphatic hydroxyl groups is 1. The second kappa shape index (κ2) is 28.9. The first-order valence-electron chi connectivity index (χ1n) is 27.8. The molecule has 5 rings (SSSR count). The van der Waals surface area contributed by atoms with Crippen LogP contribution in [0.2, 0.25) is 0 Å². The van der Waals surface area contributed by atoms with Crippen molar-refractivity contribution in [3.8, 4) is 0 Å². The quantitative estimate of drug-likeness (QED) is 0.0668. The molecule has 1 unspecified atom stereocenters. The Balaban J connectivity index is 1.21. The molecule has 76 heavy (non-hydrogen) atoms. The first-order chi connectivity index (χ1) is 36.0. The number of benzene rings is 3. The van der Waals surface area contributed by atoms with Gasteiger partial charge in [0.05, 0.1) is 25.2 Å². The van der Waals surface area contributed by atoms with Crippen LogP contribution >= 0.6 is 0 Å². The number of carbonyl (C=O) groups is 5. The Kier molecular flexibility index (Phi) is 23.5. The summed E-state index contributed by atoms with van der Waals surface area (Å²) < 4.78 is 0. The maximum Gasteiger partial charge on any atom is 0.246 e. The number of aliphatic hydroxyl groups excluding tert-OH is 1. The molecular weight excluding hydrogens is 957 g/mol. The highest BCUT2D eigenvalue weighted by atomic mass is 16.3. The summed E-state index contributed by atoms with van der Waals surface area (Å²) in [4.78, 5) is 82.0. The van der Waals surface area contributed by atoms with Crippen LogP contribution in [0.5, 0.6) is 0 Å². The standard InChI is InChI=1S/C60H94N10O6/c1-43(61-9)55(73)63-53(59(3,4)5)57(75)69-33-19-25-49(69)39-67(35-31-45-21-15-13-16-22-45)51(71)41-65(11)37-47-27-29-48(30-28-47)38-66(12)42-52(72)68(36-32-46-23-17-14-18-24-46)40-50-26-20-34-70(50)58(76)54(60(6,7)8)64-56(74)44(2)62-10/h13-18,21-24,27-30,43-44,49-50,53-55,61-63,73H,19-20,25-26,31-42H2,1-12H3,(H,64,74)/t43-,44-,49-,50-,53+,54+,55?/m0/s1. The molecule has 2 aliphatic heterocycles. The lowest BCUT2D eigenvalue weighted by Crippen LogP contribution is -2.60. The molecule has 2 heterocycles. The van der Waals surface area contributed by atoms with Crippen LogP contribution in [-0.4, -0.2) is 187 Å². The van der Waals surface area contributed by atoms with E-state index < -0.39 is 35.2 Å². The van der Waals surface area contributed by atoms with Crippen LogP contribution in [-0.2, 0) is 49.9 Å². The van der Waals surface area contributed by atoms with Crippen molar-refractivity contribution in [3.05, 3.63) is 107 Å². The third-order valence-corrected chi connectivity index (χ3v) is 15.3. The van der Waals surface area contributed by atoms with E-state index in [1.807, 2.05) is 128 Å². The zero-order chi connectivity index (χ0) is 55.7. The highest BCUT2D eigenvalue weighted by molar-refractivity contribution is 5.90. The van der Waals surface area contributed by atoms with Gasteiger partial charge in [-0.15, -0.1) is 0 Å². The van der Waals surface area contributed by atoms with Crippen molar-refractivity contribution in [1.82, 2.24) is 50.7 Å². The van der Waals surface area contributed by atoms with E-state index in [-0.39, 0.29) is 60.8 Å². The van der Waals surface area contributed by atoms with Gasteiger partial charge in [-0.2, -0.15) is 0 Å². The highest BCUT2D eigenvalue weighted by Crippen LogP contribution is 2.29. The lowest BCUT2D eigenvalue weighted by molar-refractivity contribution is -0.142. The predicted molar refractivity (Wildman–Crippen MR) is 303 cm³/mol. The zero-order valence-corrected chi connectivity index (χ0v) is 48.1. The molecule has 0 spiro atoms. The molecule has 0 aromatic heterocycles. The van der Waals surface area contributed by atoms with Crippen molar-refractivity contribution in [2.24, 2.45) is 10.8 Å². The molecule has 16 heteroatoms. The van der Waals surface area contributed by atoms with Crippen LogP contribution in [0.1, 0.15) is 103 Å². The number of hydrogen-bond acceptors (Lipinski definition) is 11. The van der Waals surface area contributed by atoms with E-state index in [4.69, 9.17) is 0 Å². The summed E-state index contributed by atoms with van der Waals surface area (Å²) >= 11 is 0. The molecule has 2 saturated heterocycles. The summed E-state index contributed by atoms with van der Waals surface area (Å²) in [6.45, 7) is 20.2. The average Bonchev–Trinajstić information content (AvgIpc) is 4.06. The van der Waals surface area contributed by atoms with Crippen molar-refractivity contribution in [2.45, 2.75) is 149 Å². The van der Waals surface area contributed by atoms with Gasteiger partial charge in [0.1, 0.15) is 12.3 Å². The monoisotopic (exact) mass is 1050 g/mol. The molecule has 7 atom stereocenters. The van der Waals surface area contributed by atoms with Gasteiger partial charge in [0, 0.05) is 70.5 Å². The number of likely N-dealkylation sites (N-methyl/N-ethyl adjacent to an activating group) is 4. The topological polar surface area (TPSA) is 173 Å². The number of carbonyl (C=O) groups excluding carboxylic acids is 5. The molecule has 5 amide bonds. The van der Waals surface area contributed by atoms with Crippen molar-refractivity contribution in [2.75, 3.05) is 80.5 Å². The first-order valence-corrected chi connectivity index (χ1v) is 27.8. The van der Waals surface area contributed by atoms with Crippen LogP contribution in [0.4, 0.5) is 0 Å². The van der Waals surface area contributed by atoms with Gasteiger partial charge in [0.15, 0.2) is 0 Å². The Bertz CT molecular complexity index is 2290. The number of nitrogens with one attached hydrogen (secondary N) is 4. The van der Waals surface area contributed by atoms with Crippen LogP contribution < -0.4 is 21.3 Å². The molecule has 420 valence electrons. The molecule has 0 saturated carbocycles. The Morgan fingerprint density at radius 2 is 1.01 bits per heavy atom. The Labute approximate surface area is 455 Å². The van der Waals surface area contributed by atoms with Gasteiger partial charge in [0.2, 0.25) is 29.5 Å². The summed E-state index contributed by atoms with van der Waals surface area (Å²) in [6, 6.07) is 26.3.